The Morgan fingerprint density at radius 2 is 1.76 bits per heavy atom. The van der Waals surface area contributed by atoms with E-state index in [0.717, 1.165) is 62.6 Å². The highest BCUT2D eigenvalue weighted by molar-refractivity contribution is 5.94. The van der Waals surface area contributed by atoms with Gasteiger partial charge in [0.05, 0.1) is 19.3 Å². The van der Waals surface area contributed by atoms with Crippen LogP contribution in [0.4, 0.5) is 10.1 Å². The van der Waals surface area contributed by atoms with Crippen LogP contribution < -0.4 is 9.64 Å². The van der Waals surface area contributed by atoms with E-state index in [1.807, 2.05) is 59.5 Å². The summed E-state index contributed by atoms with van der Waals surface area (Å²) in [5.74, 6) is 0.419. The number of anilines is 1. The van der Waals surface area contributed by atoms with Gasteiger partial charge in [0.25, 0.3) is 5.91 Å². The van der Waals surface area contributed by atoms with Crippen LogP contribution in [0.1, 0.15) is 34.3 Å². The van der Waals surface area contributed by atoms with E-state index in [4.69, 9.17) is 14.2 Å². The standard InChI is InChI=1S/C30H33FN2O4/c31-26-4-1-3-24(19-26)22-37-28-12-6-23(7-13-28)20-33(21-29-5-2-16-36-29)30(34)25-8-10-27(11-9-25)32-14-17-35-18-15-32/h1,3-4,6-13,19,29H,2,5,14-18,20-22H2/t29-/m0/s1. The summed E-state index contributed by atoms with van der Waals surface area (Å²) in [5.41, 5.74) is 3.57. The van der Waals surface area contributed by atoms with Crippen LogP contribution in [0, 0.1) is 5.82 Å². The number of amides is 1. The molecule has 2 aliphatic rings. The Balaban J connectivity index is 1.24. The summed E-state index contributed by atoms with van der Waals surface area (Å²) in [6.07, 6.45) is 2.05. The predicted octanol–water partition coefficient (Wildman–Crippen LogP) is 5.06. The Bertz CT molecular complexity index is 1160. The lowest BCUT2D eigenvalue weighted by atomic mass is 10.1. The van der Waals surface area contributed by atoms with Gasteiger partial charge >= 0.3 is 0 Å². The van der Waals surface area contributed by atoms with Crippen LogP contribution in [0.15, 0.2) is 72.8 Å². The fourth-order valence-electron chi connectivity index (χ4n) is 4.78. The zero-order chi connectivity index (χ0) is 25.5. The van der Waals surface area contributed by atoms with E-state index in [1.165, 1.54) is 12.1 Å². The molecule has 0 spiro atoms. The molecule has 0 unspecified atom stereocenters. The van der Waals surface area contributed by atoms with Gasteiger partial charge in [0.15, 0.2) is 0 Å². The second kappa shape index (κ2) is 12.2. The lowest BCUT2D eigenvalue weighted by molar-refractivity contribution is 0.0507. The maximum atomic E-state index is 13.6. The van der Waals surface area contributed by atoms with Crippen molar-refractivity contribution in [3.8, 4) is 5.75 Å². The summed E-state index contributed by atoms with van der Waals surface area (Å²) >= 11 is 0. The molecule has 0 aliphatic carbocycles. The molecule has 0 radical (unpaired) electrons. The third kappa shape index (κ3) is 6.87. The number of benzene rings is 3. The monoisotopic (exact) mass is 504 g/mol. The van der Waals surface area contributed by atoms with Gasteiger partial charge in [-0.25, -0.2) is 4.39 Å². The Labute approximate surface area is 217 Å². The summed E-state index contributed by atoms with van der Waals surface area (Å²) in [6.45, 7) is 5.26. The number of morpholine rings is 1. The first kappa shape index (κ1) is 25.2. The van der Waals surface area contributed by atoms with E-state index in [9.17, 15) is 9.18 Å². The Morgan fingerprint density at radius 1 is 0.973 bits per heavy atom. The molecule has 3 aromatic rings. The van der Waals surface area contributed by atoms with Gasteiger partial charge in [-0.05, 0) is 72.5 Å². The van der Waals surface area contributed by atoms with E-state index < -0.39 is 0 Å². The van der Waals surface area contributed by atoms with Gasteiger partial charge in [0.1, 0.15) is 18.2 Å². The number of hydrogen-bond donors (Lipinski definition) is 0. The average molecular weight is 505 g/mol. The highest BCUT2D eigenvalue weighted by atomic mass is 19.1. The van der Waals surface area contributed by atoms with Crippen molar-refractivity contribution in [2.24, 2.45) is 0 Å². The van der Waals surface area contributed by atoms with Gasteiger partial charge in [0.2, 0.25) is 0 Å². The van der Waals surface area contributed by atoms with Crippen LogP contribution in [-0.4, -0.2) is 56.4 Å². The number of halogens is 1. The topological polar surface area (TPSA) is 51.2 Å². The van der Waals surface area contributed by atoms with Gasteiger partial charge in [-0.1, -0.05) is 24.3 Å². The molecule has 2 saturated heterocycles. The molecule has 0 aromatic heterocycles. The fourth-order valence-corrected chi connectivity index (χ4v) is 4.78. The van der Waals surface area contributed by atoms with Crippen molar-refractivity contribution in [1.82, 2.24) is 4.90 Å². The summed E-state index contributed by atoms with van der Waals surface area (Å²) in [7, 11) is 0. The fraction of sp³-hybridized carbons (Fsp3) is 0.367. The molecule has 0 N–H and O–H groups in total. The van der Waals surface area contributed by atoms with Crippen molar-refractivity contribution in [1.29, 1.82) is 0 Å². The van der Waals surface area contributed by atoms with Crippen LogP contribution in [-0.2, 0) is 22.6 Å². The zero-order valence-corrected chi connectivity index (χ0v) is 21.0. The SMILES string of the molecule is O=C(c1ccc(N2CCOCC2)cc1)N(Cc1ccc(OCc2cccc(F)c2)cc1)C[C@@H]1CCCO1. The van der Waals surface area contributed by atoms with Crippen molar-refractivity contribution in [3.63, 3.8) is 0 Å². The zero-order valence-electron chi connectivity index (χ0n) is 21.0. The van der Waals surface area contributed by atoms with E-state index in [2.05, 4.69) is 4.90 Å². The van der Waals surface area contributed by atoms with Crippen molar-refractivity contribution in [3.05, 3.63) is 95.3 Å². The van der Waals surface area contributed by atoms with Crippen LogP contribution in [0.3, 0.4) is 0 Å². The lowest BCUT2D eigenvalue weighted by Gasteiger charge is -2.29. The Kier molecular flexibility index (Phi) is 8.33. The number of rotatable bonds is 9. The number of carbonyl (C=O) groups excluding carboxylic acids is 1. The summed E-state index contributed by atoms with van der Waals surface area (Å²) in [5, 5.41) is 0. The van der Waals surface area contributed by atoms with Crippen molar-refractivity contribution < 1.29 is 23.4 Å². The summed E-state index contributed by atoms with van der Waals surface area (Å²) < 4.78 is 30.5. The maximum absolute atomic E-state index is 13.6. The average Bonchev–Trinajstić information content (AvgIpc) is 3.46. The normalized spacial score (nSPS) is 17.5. The van der Waals surface area contributed by atoms with Gasteiger partial charge in [-0.2, -0.15) is 0 Å². The quantitative estimate of drug-likeness (QED) is 0.408. The lowest BCUT2D eigenvalue weighted by Crippen LogP contribution is -2.37. The minimum atomic E-state index is -0.275. The van der Waals surface area contributed by atoms with Gasteiger partial charge in [-0.3, -0.25) is 4.79 Å². The molecule has 7 heteroatoms. The molecule has 0 bridgehead atoms. The molecular weight excluding hydrogens is 471 g/mol. The van der Waals surface area contributed by atoms with Gasteiger partial charge in [0, 0.05) is 44.0 Å². The second-order valence-corrected chi connectivity index (χ2v) is 9.53. The van der Waals surface area contributed by atoms with E-state index in [1.54, 1.807) is 6.07 Å². The van der Waals surface area contributed by atoms with Crippen molar-refractivity contribution >= 4 is 11.6 Å². The smallest absolute Gasteiger partial charge is 0.254 e. The molecule has 3 aromatic carbocycles. The van der Waals surface area contributed by atoms with Crippen LogP contribution in [0.2, 0.25) is 0 Å². The van der Waals surface area contributed by atoms with E-state index in [-0.39, 0.29) is 17.8 Å². The maximum Gasteiger partial charge on any atom is 0.254 e. The molecule has 2 heterocycles. The summed E-state index contributed by atoms with van der Waals surface area (Å²) in [4.78, 5) is 17.7. The molecule has 1 atom stereocenters. The van der Waals surface area contributed by atoms with Crippen LogP contribution in [0.25, 0.3) is 0 Å². The minimum Gasteiger partial charge on any atom is -0.489 e. The number of hydrogen-bond acceptors (Lipinski definition) is 5. The van der Waals surface area contributed by atoms with Crippen LogP contribution in [0.5, 0.6) is 5.75 Å². The van der Waals surface area contributed by atoms with E-state index >= 15 is 0 Å². The van der Waals surface area contributed by atoms with Crippen LogP contribution >= 0.6 is 0 Å². The van der Waals surface area contributed by atoms with Crippen molar-refractivity contribution in [2.75, 3.05) is 44.4 Å². The molecule has 37 heavy (non-hydrogen) atoms. The third-order valence-corrected chi connectivity index (χ3v) is 6.82. The first-order chi connectivity index (χ1) is 18.1. The largest absolute Gasteiger partial charge is 0.489 e. The first-order valence-electron chi connectivity index (χ1n) is 12.9. The molecule has 2 aliphatic heterocycles. The Hall–Kier alpha value is -3.42. The van der Waals surface area contributed by atoms with Crippen molar-refractivity contribution in [2.45, 2.75) is 32.1 Å². The molecule has 5 rings (SSSR count). The first-order valence-corrected chi connectivity index (χ1v) is 12.9. The number of ether oxygens (including phenoxy) is 3. The number of nitrogens with zero attached hydrogens (tertiary/aromatic N) is 2. The molecule has 2 fully saturated rings. The molecule has 6 nitrogen and oxygen atoms in total. The highest BCUT2D eigenvalue weighted by Gasteiger charge is 2.24. The molecular formula is C30H33FN2O4. The van der Waals surface area contributed by atoms with E-state index in [0.29, 0.717) is 31.0 Å². The molecule has 194 valence electrons. The minimum absolute atomic E-state index is 0.00421. The number of carbonyl (C=O) groups is 1. The third-order valence-electron chi connectivity index (χ3n) is 6.82. The predicted molar refractivity (Wildman–Crippen MR) is 140 cm³/mol. The Morgan fingerprint density at radius 3 is 2.46 bits per heavy atom. The van der Waals surface area contributed by atoms with Gasteiger partial charge in [-0.15, -0.1) is 0 Å². The van der Waals surface area contributed by atoms with Gasteiger partial charge < -0.3 is 24.0 Å². The summed E-state index contributed by atoms with van der Waals surface area (Å²) in [6, 6.07) is 22.0. The molecule has 0 saturated carbocycles. The highest BCUT2D eigenvalue weighted by Crippen LogP contribution is 2.22. The second-order valence-electron chi connectivity index (χ2n) is 9.53. The molecule has 1 amide bonds.